The van der Waals surface area contributed by atoms with Crippen LogP contribution in [-0.4, -0.2) is 32.3 Å². The van der Waals surface area contributed by atoms with Crippen LogP contribution in [0.3, 0.4) is 0 Å². The molecule has 6 nitrogen and oxygen atoms in total. The molecule has 140 valence electrons. The van der Waals surface area contributed by atoms with Crippen molar-refractivity contribution in [3.63, 3.8) is 0 Å². The van der Waals surface area contributed by atoms with E-state index >= 15 is 0 Å². The van der Waals surface area contributed by atoms with Gasteiger partial charge in [0.25, 0.3) is 5.91 Å². The molecule has 2 aromatic heterocycles. The van der Waals surface area contributed by atoms with Gasteiger partial charge in [-0.25, -0.2) is 4.39 Å². The van der Waals surface area contributed by atoms with Crippen molar-refractivity contribution in [3.8, 4) is 11.3 Å². The number of benzene rings is 1. The zero-order valence-corrected chi connectivity index (χ0v) is 15.1. The standard InChI is InChI=1S/C20H21FN4O2/c1-24-12-10-16(22-24)18-5-3-2-4-11-25(18)20(26)19-13-17(23-27-19)14-6-8-15(21)9-7-14/h6-10,12-13,18H,2-5,11H2,1H3/t18-/m1/s1. The first-order valence-corrected chi connectivity index (χ1v) is 9.15. The highest BCUT2D eigenvalue weighted by atomic mass is 19.1. The molecule has 3 heterocycles. The van der Waals surface area contributed by atoms with E-state index in [0.717, 1.165) is 31.4 Å². The number of hydrogen-bond donors (Lipinski definition) is 0. The number of carbonyl (C=O) groups is 1. The number of rotatable bonds is 3. The molecule has 4 rings (SSSR count). The monoisotopic (exact) mass is 368 g/mol. The third-order valence-corrected chi connectivity index (χ3v) is 4.95. The molecule has 7 heteroatoms. The Hall–Kier alpha value is -2.96. The number of carbonyl (C=O) groups excluding carboxylic acids is 1. The molecule has 3 aromatic rings. The fourth-order valence-corrected chi connectivity index (χ4v) is 3.54. The van der Waals surface area contributed by atoms with Crippen LogP contribution < -0.4 is 0 Å². The zero-order valence-electron chi connectivity index (χ0n) is 15.1. The molecule has 27 heavy (non-hydrogen) atoms. The maximum absolute atomic E-state index is 13.1. The summed E-state index contributed by atoms with van der Waals surface area (Å²) >= 11 is 0. The minimum atomic E-state index is -0.318. The number of aromatic nitrogens is 3. The van der Waals surface area contributed by atoms with E-state index in [1.54, 1.807) is 22.9 Å². The number of likely N-dealkylation sites (tertiary alicyclic amines) is 1. The molecular formula is C20H21FN4O2. The predicted octanol–water partition coefficient (Wildman–Crippen LogP) is 3.97. The molecule has 1 aliphatic rings. The highest BCUT2D eigenvalue weighted by molar-refractivity contribution is 5.92. The number of amides is 1. The normalized spacial score (nSPS) is 17.7. The van der Waals surface area contributed by atoms with Gasteiger partial charge < -0.3 is 9.42 Å². The average molecular weight is 368 g/mol. The Balaban J connectivity index is 1.60. The predicted molar refractivity (Wildman–Crippen MR) is 97.4 cm³/mol. The lowest BCUT2D eigenvalue weighted by Gasteiger charge is -2.27. The minimum absolute atomic E-state index is 0.0689. The molecule has 0 N–H and O–H groups in total. The molecular weight excluding hydrogens is 347 g/mol. The third kappa shape index (κ3) is 3.63. The Labute approximate surface area is 156 Å². The van der Waals surface area contributed by atoms with Gasteiger partial charge in [0, 0.05) is 31.4 Å². The molecule has 1 aromatic carbocycles. The first-order chi connectivity index (χ1) is 13.1. The van der Waals surface area contributed by atoms with Gasteiger partial charge in [0.1, 0.15) is 11.5 Å². The first-order valence-electron chi connectivity index (χ1n) is 9.15. The van der Waals surface area contributed by atoms with Crippen molar-refractivity contribution >= 4 is 5.91 Å². The molecule has 0 aliphatic carbocycles. The van der Waals surface area contributed by atoms with E-state index in [9.17, 15) is 9.18 Å². The van der Waals surface area contributed by atoms with Crippen LogP contribution in [0.4, 0.5) is 4.39 Å². The van der Waals surface area contributed by atoms with Gasteiger partial charge in [-0.05, 0) is 43.2 Å². The molecule has 0 spiro atoms. The molecule has 1 aliphatic heterocycles. The molecule has 1 amide bonds. The topological polar surface area (TPSA) is 64.2 Å². The van der Waals surface area contributed by atoms with Crippen molar-refractivity contribution in [3.05, 3.63) is 59.9 Å². The van der Waals surface area contributed by atoms with Crippen molar-refractivity contribution in [1.29, 1.82) is 0 Å². The summed E-state index contributed by atoms with van der Waals surface area (Å²) in [5.74, 6) is -0.313. The second-order valence-electron chi connectivity index (χ2n) is 6.86. The molecule has 0 radical (unpaired) electrons. The number of hydrogen-bond acceptors (Lipinski definition) is 4. The van der Waals surface area contributed by atoms with Gasteiger partial charge in [0.15, 0.2) is 0 Å². The van der Waals surface area contributed by atoms with E-state index < -0.39 is 0 Å². The number of nitrogens with zero attached hydrogens (tertiary/aromatic N) is 4. The fraction of sp³-hybridized carbons (Fsp3) is 0.350. The summed E-state index contributed by atoms with van der Waals surface area (Å²) in [4.78, 5) is 15.0. The largest absolute Gasteiger partial charge is 0.350 e. The van der Waals surface area contributed by atoms with Gasteiger partial charge in [-0.3, -0.25) is 9.48 Å². The highest BCUT2D eigenvalue weighted by Gasteiger charge is 2.31. The van der Waals surface area contributed by atoms with E-state index in [0.29, 0.717) is 17.8 Å². The Morgan fingerprint density at radius 1 is 1.19 bits per heavy atom. The molecule has 0 bridgehead atoms. The maximum atomic E-state index is 13.1. The Bertz CT molecular complexity index is 932. The number of aryl methyl sites for hydroxylation is 1. The number of halogens is 1. The lowest BCUT2D eigenvalue weighted by atomic mass is 10.1. The molecule has 0 unspecified atom stereocenters. The van der Waals surface area contributed by atoms with E-state index in [-0.39, 0.29) is 23.5 Å². The summed E-state index contributed by atoms with van der Waals surface area (Å²) in [6.45, 7) is 0.659. The van der Waals surface area contributed by atoms with E-state index in [2.05, 4.69) is 10.3 Å². The Morgan fingerprint density at radius 2 is 2.00 bits per heavy atom. The van der Waals surface area contributed by atoms with Crippen LogP contribution in [0.15, 0.2) is 47.1 Å². The van der Waals surface area contributed by atoms with Gasteiger partial charge in [-0.1, -0.05) is 18.0 Å². The van der Waals surface area contributed by atoms with Crippen LogP contribution in [0.25, 0.3) is 11.3 Å². The fourth-order valence-electron chi connectivity index (χ4n) is 3.54. The highest BCUT2D eigenvalue weighted by Crippen LogP contribution is 2.31. The molecule has 1 fully saturated rings. The second-order valence-corrected chi connectivity index (χ2v) is 6.86. The lowest BCUT2D eigenvalue weighted by molar-refractivity contribution is 0.0634. The smallest absolute Gasteiger partial charge is 0.293 e. The second kappa shape index (κ2) is 7.34. The van der Waals surface area contributed by atoms with Gasteiger partial charge in [0.2, 0.25) is 5.76 Å². The van der Waals surface area contributed by atoms with Gasteiger partial charge >= 0.3 is 0 Å². The van der Waals surface area contributed by atoms with Crippen LogP contribution in [-0.2, 0) is 7.05 Å². The van der Waals surface area contributed by atoms with Crippen LogP contribution >= 0.6 is 0 Å². The third-order valence-electron chi connectivity index (χ3n) is 4.95. The van der Waals surface area contributed by atoms with Crippen LogP contribution in [0.5, 0.6) is 0 Å². The zero-order chi connectivity index (χ0) is 18.8. The van der Waals surface area contributed by atoms with Gasteiger partial charge in [-0.2, -0.15) is 5.10 Å². The summed E-state index contributed by atoms with van der Waals surface area (Å²) in [5.41, 5.74) is 2.12. The summed E-state index contributed by atoms with van der Waals surface area (Å²) in [7, 11) is 1.87. The lowest BCUT2D eigenvalue weighted by Crippen LogP contribution is -2.34. The Morgan fingerprint density at radius 3 is 2.74 bits per heavy atom. The summed E-state index contributed by atoms with van der Waals surface area (Å²) in [5, 5.41) is 8.50. The molecule has 1 atom stereocenters. The van der Waals surface area contributed by atoms with E-state index in [4.69, 9.17) is 4.52 Å². The summed E-state index contributed by atoms with van der Waals surface area (Å²) in [6, 6.07) is 9.46. The van der Waals surface area contributed by atoms with E-state index in [1.165, 1.54) is 12.1 Å². The van der Waals surface area contributed by atoms with Crippen molar-refractivity contribution in [1.82, 2.24) is 19.8 Å². The van der Waals surface area contributed by atoms with Crippen LogP contribution in [0.1, 0.15) is 48.0 Å². The van der Waals surface area contributed by atoms with Crippen molar-refractivity contribution < 1.29 is 13.7 Å². The Kier molecular flexibility index (Phi) is 4.75. The van der Waals surface area contributed by atoms with Crippen molar-refractivity contribution in [2.24, 2.45) is 7.05 Å². The molecule has 0 saturated carbocycles. The summed E-state index contributed by atoms with van der Waals surface area (Å²) in [6.07, 6.45) is 5.87. The SMILES string of the molecule is Cn1ccc([C@H]2CCCCCN2C(=O)c2cc(-c3ccc(F)cc3)no2)n1. The average Bonchev–Trinajstić information content (AvgIpc) is 3.25. The van der Waals surface area contributed by atoms with Crippen LogP contribution in [0.2, 0.25) is 0 Å². The van der Waals surface area contributed by atoms with Crippen molar-refractivity contribution in [2.75, 3.05) is 6.54 Å². The molecule has 1 saturated heterocycles. The maximum Gasteiger partial charge on any atom is 0.293 e. The van der Waals surface area contributed by atoms with Gasteiger partial charge in [-0.15, -0.1) is 0 Å². The van der Waals surface area contributed by atoms with Crippen LogP contribution in [0, 0.1) is 5.82 Å². The quantitative estimate of drug-likeness (QED) is 0.702. The first kappa shape index (κ1) is 17.5. The van der Waals surface area contributed by atoms with Crippen molar-refractivity contribution in [2.45, 2.75) is 31.7 Å². The van der Waals surface area contributed by atoms with Gasteiger partial charge in [0.05, 0.1) is 11.7 Å². The minimum Gasteiger partial charge on any atom is -0.350 e. The summed E-state index contributed by atoms with van der Waals surface area (Å²) < 4.78 is 20.2. The van der Waals surface area contributed by atoms with E-state index in [1.807, 2.05) is 24.2 Å².